The number of nitrogens with zero attached hydrogens (tertiary/aromatic N) is 3. The Labute approximate surface area is 188 Å². The molecule has 2 heterocycles. The molecule has 0 atom stereocenters. The molecule has 1 N–H and O–H groups in total. The molecule has 0 unspecified atom stereocenters. The number of aromatic nitrogens is 1. The molecule has 3 aromatic rings. The summed E-state index contributed by atoms with van der Waals surface area (Å²) in [6, 6.07) is 21.9. The van der Waals surface area contributed by atoms with Crippen LogP contribution in [0.25, 0.3) is 0 Å². The summed E-state index contributed by atoms with van der Waals surface area (Å²) in [7, 11) is 0. The number of benzene rings is 2. The molecule has 0 saturated carbocycles. The summed E-state index contributed by atoms with van der Waals surface area (Å²) < 4.78 is 0. The van der Waals surface area contributed by atoms with Crippen molar-refractivity contribution in [1.29, 1.82) is 0 Å². The molecule has 32 heavy (non-hydrogen) atoms. The normalized spacial score (nSPS) is 13.2. The van der Waals surface area contributed by atoms with Crippen LogP contribution >= 0.6 is 0 Å². The SMILES string of the molecule is O=C(CN(Cc1cccnc1)c1ccccc1)NCc1ccc(CN2CCCC2=O)cc1. The average Bonchev–Trinajstić information content (AvgIpc) is 3.23. The third kappa shape index (κ3) is 5.94. The van der Waals surface area contributed by atoms with E-state index in [1.807, 2.05) is 82.7 Å². The number of para-hydroxylation sites is 1. The van der Waals surface area contributed by atoms with E-state index >= 15 is 0 Å². The monoisotopic (exact) mass is 428 g/mol. The third-order valence-electron chi connectivity index (χ3n) is 5.61. The second kappa shape index (κ2) is 10.6. The Morgan fingerprint density at radius 3 is 2.44 bits per heavy atom. The third-order valence-corrected chi connectivity index (χ3v) is 5.61. The fourth-order valence-corrected chi connectivity index (χ4v) is 3.87. The van der Waals surface area contributed by atoms with Crippen LogP contribution < -0.4 is 10.2 Å². The van der Waals surface area contributed by atoms with Gasteiger partial charge in [-0.05, 0) is 41.3 Å². The second-order valence-electron chi connectivity index (χ2n) is 8.06. The predicted molar refractivity (Wildman–Crippen MR) is 125 cm³/mol. The molecule has 164 valence electrons. The van der Waals surface area contributed by atoms with E-state index in [0.29, 0.717) is 26.1 Å². The summed E-state index contributed by atoms with van der Waals surface area (Å²) in [6.45, 7) is 2.83. The number of hydrogen-bond acceptors (Lipinski definition) is 4. The summed E-state index contributed by atoms with van der Waals surface area (Å²) in [5.41, 5.74) is 4.19. The number of anilines is 1. The highest BCUT2D eigenvalue weighted by molar-refractivity contribution is 5.81. The number of carbonyl (C=O) groups is 2. The fraction of sp³-hybridized carbons (Fsp3) is 0.269. The minimum absolute atomic E-state index is 0.0375. The first-order valence-electron chi connectivity index (χ1n) is 11.0. The molecule has 4 rings (SSSR count). The molecule has 1 aliphatic heterocycles. The van der Waals surface area contributed by atoms with Crippen molar-refractivity contribution < 1.29 is 9.59 Å². The van der Waals surface area contributed by atoms with Crippen LogP contribution in [0.4, 0.5) is 5.69 Å². The zero-order valence-corrected chi connectivity index (χ0v) is 18.1. The molecule has 1 aromatic heterocycles. The highest BCUT2D eigenvalue weighted by atomic mass is 16.2. The zero-order valence-electron chi connectivity index (χ0n) is 18.1. The quantitative estimate of drug-likeness (QED) is 0.566. The van der Waals surface area contributed by atoms with Crippen LogP contribution in [-0.2, 0) is 29.2 Å². The first-order chi connectivity index (χ1) is 15.7. The molecule has 1 aliphatic rings. The lowest BCUT2D eigenvalue weighted by molar-refractivity contribution is -0.128. The maximum atomic E-state index is 12.7. The number of nitrogens with one attached hydrogen (secondary N) is 1. The lowest BCUT2D eigenvalue weighted by Crippen LogP contribution is -2.36. The number of hydrogen-bond donors (Lipinski definition) is 1. The molecule has 6 heteroatoms. The maximum Gasteiger partial charge on any atom is 0.239 e. The van der Waals surface area contributed by atoms with E-state index in [4.69, 9.17) is 0 Å². The van der Waals surface area contributed by atoms with Crippen LogP contribution in [0.1, 0.15) is 29.5 Å². The first-order valence-corrected chi connectivity index (χ1v) is 11.0. The van der Waals surface area contributed by atoms with Gasteiger partial charge in [-0.15, -0.1) is 0 Å². The molecule has 1 fully saturated rings. The summed E-state index contributed by atoms with van der Waals surface area (Å²) in [4.78, 5) is 32.6. The van der Waals surface area contributed by atoms with Gasteiger partial charge in [-0.25, -0.2) is 0 Å². The molecule has 2 amide bonds. The van der Waals surface area contributed by atoms with Gasteiger partial charge in [0.2, 0.25) is 11.8 Å². The minimum atomic E-state index is -0.0375. The molecular formula is C26H28N4O2. The summed E-state index contributed by atoms with van der Waals surface area (Å²) in [5.74, 6) is 0.195. The van der Waals surface area contributed by atoms with Gasteiger partial charge in [0.15, 0.2) is 0 Å². The number of pyridine rings is 1. The smallest absolute Gasteiger partial charge is 0.239 e. The Hall–Kier alpha value is -3.67. The lowest BCUT2D eigenvalue weighted by atomic mass is 10.1. The Kier molecular flexibility index (Phi) is 7.12. The van der Waals surface area contributed by atoms with Gasteiger partial charge in [0, 0.05) is 50.7 Å². The highest BCUT2D eigenvalue weighted by Gasteiger charge is 2.19. The van der Waals surface area contributed by atoms with E-state index in [-0.39, 0.29) is 18.4 Å². The van der Waals surface area contributed by atoms with E-state index in [0.717, 1.165) is 35.3 Å². The van der Waals surface area contributed by atoms with Crippen molar-refractivity contribution in [2.75, 3.05) is 18.0 Å². The number of likely N-dealkylation sites (tertiary alicyclic amines) is 1. The molecule has 1 saturated heterocycles. The van der Waals surface area contributed by atoms with Crippen molar-refractivity contribution in [2.45, 2.75) is 32.5 Å². The molecule has 0 bridgehead atoms. The van der Waals surface area contributed by atoms with Crippen molar-refractivity contribution in [1.82, 2.24) is 15.2 Å². The van der Waals surface area contributed by atoms with Crippen LogP contribution in [0.5, 0.6) is 0 Å². The molecule has 0 aliphatic carbocycles. The van der Waals surface area contributed by atoms with Crippen molar-refractivity contribution in [2.24, 2.45) is 0 Å². The van der Waals surface area contributed by atoms with Crippen LogP contribution in [0.15, 0.2) is 79.1 Å². The average molecular weight is 429 g/mol. The summed E-state index contributed by atoms with van der Waals surface area (Å²) in [5, 5.41) is 3.02. The predicted octanol–water partition coefficient (Wildman–Crippen LogP) is 3.53. The lowest BCUT2D eigenvalue weighted by Gasteiger charge is -2.24. The van der Waals surface area contributed by atoms with Crippen molar-refractivity contribution in [3.63, 3.8) is 0 Å². The van der Waals surface area contributed by atoms with Gasteiger partial charge in [-0.1, -0.05) is 48.5 Å². The Morgan fingerprint density at radius 1 is 0.969 bits per heavy atom. The number of carbonyl (C=O) groups excluding carboxylic acids is 2. The Morgan fingerprint density at radius 2 is 1.75 bits per heavy atom. The topological polar surface area (TPSA) is 65.5 Å². The maximum absolute atomic E-state index is 12.7. The molecule has 6 nitrogen and oxygen atoms in total. The van der Waals surface area contributed by atoms with Crippen LogP contribution in [0, 0.1) is 0 Å². The van der Waals surface area contributed by atoms with Crippen LogP contribution in [0.2, 0.25) is 0 Å². The van der Waals surface area contributed by atoms with E-state index in [1.165, 1.54) is 0 Å². The Balaban J connectivity index is 1.32. The van der Waals surface area contributed by atoms with E-state index in [1.54, 1.807) is 6.20 Å². The molecule has 2 aromatic carbocycles. The van der Waals surface area contributed by atoms with Crippen LogP contribution in [0.3, 0.4) is 0 Å². The first kappa shape index (κ1) is 21.6. The van der Waals surface area contributed by atoms with Crippen molar-refractivity contribution >= 4 is 17.5 Å². The Bertz CT molecular complexity index is 1020. The summed E-state index contributed by atoms with van der Waals surface area (Å²) in [6.07, 6.45) is 5.18. The minimum Gasteiger partial charge on any atom is -0.358 e. The van der Waals surface area contributed by atoms with E-state index in [2.05, 4.69) is 10.3 Å². The van der Waals surface area contributed by atoms with Gasteiger partial charge in [-0.3, -0.25) is 14.6 Å². The van der Waals surface area contributed by atoms with E-state index in [9.17, 15) is 9.59 Å². The van der Waals surface area contributed by atoms with Gasteiger partial charge < -0.3 is 15.1 Å². The van der Waals surface area contributed by atoms with Gasteiger partial charge in [0.25, 0.3) is 0 Å². The van der Waals surface area contributed by atoms with Crippen molar-refractivity contribution in [3.05, 3.63) is 95.8 Å². The molecule has 0 radical (unpaired) electrons. The van der Waals surface area contributed by atoms with Gasteiger partial charge in [0.05, 0.1) is 6.54 Å². The van der Waals surface area contributed by atoms with Crippen molar-refractivity contribution in [3.8, 4) is 0 Å². The highest BCUT2D eigenvalue weighted by Crippen LogP contribution is 2.17. The molecular weight excluding hydrogens is 400 g/mol. The second-order valence-corrected chi connectivity index (χ2v) is 8.06. The zero-order chi connectivity index (χ0) is 22.2. The van der Waals surface area contributed by atoms with Gasteiger partial charge >= 0.3 is 0 Å². The standard InChI is InChI=1S/C26H28N4O2/c31-25(20-30(24-7-2-1-3-8-24)19-23-6-4-14-27-16-23)28-17-21-10-12-22(13-11-21)18-29-15-5-9-26(29)32/h1-4,6-8,10-14,16H,5,9,15,17-20H2,(H,28,31). The van der Waals surface area contributed by atoms with Gasteiger partial charge in [0.1, 0.15) is 0 Å². The number of rotatable bonds is 9. The fourth-order valence-electron chi connectivity index (χ4n) is 3.87. The van der Waals surface area contributed by atoms with E-state index < -0.39 is 0 Å². The van der Waals surface area contributed by atoms with Gasteiger partial charge in [-0.2, -0.15) is 0 Å². The number of amides is 2. The van der Waals surface area contributed by atoms with Crippen LogP contribution in [-0.4, -0.2) is 34.8 Å². The summed E-state index contributed by atoms with van der Waals surface area (Å²) >= 11 is 0. The largest absolute Gasteiger partial charge is 0.358 e. The molecule has 0 spiro atoms.